The maximum atomic E-state index is 6.65. The van der Waals surface area contributed by atoms with Gasteiger partial charge in [-0.05, 0) is 76.3 Å². The van der Waals surface area contributed by atoms with Crippen molar-refractivity contribution in [2.45, 2.75) is 19.3 Å². The van der Waals surface area contributed by atoms with Crippen LogP contribution in [0.2, 0.25) is 0 Å². The SMILES string of the molecule is CC1(C)c2ccccc2-c2cc(-c3ccc(N(c4ccccc4)c4ccccc4)cc3)c(N)cc21. The Kier molecular flexibility index (Phi) is 4.96. The molecule has 0 amide bonds. The summed E-state index contributed by atoms with van der Waals surface area (Å²) in [4.78, 5) is 2.27. The zero-order valence-electron chi connectivity index (χ0n) is 20.1. The lowest BCUT2D eigenvalue weighted by atomic mass is 9.82. The summed E-state index contributed by atoms with van der Waals surface area (Å²) in [5, 5.41) is 0. The average molecular weight is 453 g/mol. The van der Waals surface area contributed by atoms with Crippen LogP contribution < -0.4 is 10.6 Å². The number of fused-ring (bicyclic) bond motifs is 3. The number of nitrogens with two attached hydrogens (primary N) is 1. The van der Waals surface area contributed by atoms with Gasteiger partial charge in [0, 0.05) is 33.7 Å². The summed E-state index contributed by atoms with van der Waals surface area (Å²) >= 11 is 0. The Bertz CT molecular complexity index is 1460. The van der Waals surface area contributed by atoms with Gasteiger partial charge >= 0.3 is 0 Å². The van der Waals surface area contributed by atoms with E-state index < -0.39 is 0 Å². The quantitative estimate of drug-likeness (QED) is 0.276. The first-order valence-corrected chi connectivity index (χ1v) is 12.1. The molecule has 0 saturated heterocycles. The van der Waals surface area contributed by atoms with Crippen LogP contribution >= 0.6 is 0 Å². The second kappa shape index (κ2) is 8.18. The summed E-state index contributed by atoms with van der Waals surface area (Å²) in [5.41, 5.74) is 18.2. The van der Waals surface area contributed by atoms with Gasteiger partial charge in [0.2, 0.25) is 0 Å². The Morgan fingerprint density at radius 1 is 0.514 bits per heavy atom. The van der Waals surface area contributed by atoms with Gasteiger partial charge in [0.25, 0.3) is 0 Å². The number of para-hydroxylation sites is 2. The van der Waals surface area contributed by atoms with Crippen molar-refractivity contribution in [1.82, 2.24) is 0 Å². The van der Waals surface area contributed by atoms with Crippen LogP contribution in [0.4, 0.5) is 22.7 Å². The largest absolute Gasteiger partial charge is 0.398 e. The van der Waals surface area contributed by atoms with Gasteiger partial charge in [-0.2, -0.15) is 0 Å². The smallest absolute Gasteiger partial charge is 0.0462 e. The minimum absolute atomic E-state index is 0.0473. The van der Waals surface area contributed by atoms with Gasteiger partial charge in [0.15, 0.2) is 0 Å². The fourth-order valence-electron chi connectivity index (χ4n) is 5.41. The molecule has 0 spiro atoms. The van der Waals surface area contributed by atoms with E-state index in [4.69, 9.17) is 5.73 Å². The molecule has 0 unspecified atom stereocenters. The maximum Gasteiger partial charge on any atom is 0.0462 e. The minimum atomic E-state index is -0.0473. The Morgan fingerprint density at radius 2 is 1.06 bits per heavy atom. The van der Waals surface area contributed by atoms with Gasteiger partial charge in [-0.25, -0.2) is 0 Å². The Balaban J connectivity index is 1.43. The molecule has 6 rings (SSSR count). The molecular formula is C33H28N2. The van der Waals surface area contributed by atoms with E-state index >= 15 is 0 Å². The number of rotatable bonds is 4. The normalized spacial score (nSPS) is 13.2. The monoisotopic (exact) mass is 452 g/mol. The molecular weight excluding hydrogens is 424 g/mol. The molecule has 2 N–H and O–H groups in total. The van der Waals surface area contributed by atoms with Crippen molar-refractivity contribution >= 4 is 22.7 Å². The van der Waals surface area contributed by atoms with Crippen molar-refractivity contribution in [3.05, 3.63) is 132 Å². The summed E-state index contributed by atoms with van der Waals surface area (Å²) in [5.74, 6) is 0. The standard InChI is InChI=1S/C33H28N2/c1-33(2)30-16-10-9-15-27(30)29-21-28(32(34)22-31(29)33)23-17-19-26(20-18-23)35(24-11-5-3-6-12-24)25-13-7-4-8-14-25/h3-22H,34H2,1-2H3. The highest BCUT2D eigenvalue weighted by Gasteiger charge is 2.35. The summed E-state index contributed by atoms with van der Waals surface area (Å²) < 4.78 is 0. The van der Waals surface area contributed by atoms with Crippen LogP contribution in [-0.4, -0.2) is 0 Å². The second-order valence-electron chi connectivity index (χ2n) is 9.71. The predicted molar refractivity (Wildman–Crippen MR) is 149 cm³/mol. The molecule has 1 aliphatic rings. The Morgan fingerprint density at radius 3 is 1.69 bits per heavy atom. The first-order valence-electron chi connectivity index (χ1n) is 12.1. The van der Waals surface area contributed by atoms with Crippen LogP contribution in [-0.2, 0) is 5.41 Å². The zero-order chi connectivity index (χ0) is 24.0. The van der Waals surface area contributed by atoms with Crippen molar-refractivity contribution in [3.8, 4) is 22.3 Å². The summed E-state index contributed by atoms with van der Waals surface area (Å²) in [6, 6.07) is 42.8. The van der Waals surface area contributed by atoms with Gasteiger partial charge in [0.05, 0.1) is 0 Å². The molecule has 0 bridgehead atoms. The number of anilines is 4. The molecule has 1 aliphatic carbocycles. The number of nitrogen functional groups attached to an aromatic ring is 1. The molecule has 35 heavy (non-hydrogen) atoms. The molecule has 0 heterocycles. The molecule has 0 atom stereocenters. The Hall–Kier alpha value is -4.30. The van der Waals surface area contributed by atoms with Crippen LogP contribution in [0.5, 0.6) is 0 Å². The highest BCUT2D eigenvalue weighted by Crippen LogP contribution is 2.51. The molecule has 170 valence electrons. The maximum absolute atomic E-state index is 6.65. The van der Waals surface area contributed by atoms with E-state index in [1.54, 1.807) is 0 Å². The summed E-state index contributed by atoms with van der Waals surface area (Å²) in [6.45, 7) is 4.57. The molecule has 0 aromatic heterocycles. The van der Waals surface area contributed by atoms with Gasteiger partial charge < -0.3 is 10.6 Å². The van der Waals surface area contributed by atoms with Gasteiger partial charge in [-0.1, -0.05) is 86.6 Å². The topological polar surface area (TPSA) is 29.3 Å². The highest BCUT2D eigenvalue weighted by atomic mass is 15.1. The summed E-state index contributed by atoms with van der Waals surface area (Å²) in [6.07, 6.45) is 0. The first-order chi connectivity index (χ1) is 17.0. The van der Waals surface area contributed by atoms with Gasteiger partial charge in [-0.15, -0.1) is 0 Å². The van der Waals surface area contributed by atoms with Gasteiger partial charge in [-0.3, -0.25) is 0 Å². The molecule has 5 aromatic carbocycles. The average Bonchev–Trinajstić information content (AvgIpc) is 3.12. The third kappa shape index (κ3) is 3.50. The summed E-state index contributed by atoms with van der Waals surface area (Å²) in [7, 11) is 0. The van der Waals surface area contributed by atoms with Crippen LogP contribution in [0.25, 0.3) is 22.3 Å². The highest BCUT2D eigenvalue weighted by molar-refractivity contribution is 5.90. The second-order valence-corrected chi connectivity index (χ2v) is 9.71. The molecule has 0 radical (unpaired) electrons. The van der Waals surface area contributed by atoms with E-state index in [-0.39, 0.29) is 5.41 Å². The van der Waals surface area contributed by atoms with Crippen molar-refractivity contribution in [3.63, 3.8) is 0 Å². The van der Waals surface area contributed by atoms with E-state index in [1.807, 2.05) is 12.1 Å². The molecule has 5 aromatic rings. The lowest BCUT2D eigenvalue weighted by molar-refractivity contribution is 0.661. The minimum Gasteiger partial charge on any atom is -0.398 e. The Labute approximate surface area is 207 Å². The molecule has 0 aliphatic heterocycles. The van der Waals surface area contributed by atoms with E-state index in [9.17, 15) is 0 Å². The molecule has 2 nitrogen and oxygen atoms in total. The molecule has 2 heteroatoms. The lowest BCUT2D eigenvalue weighted by Crippen LogP contribution is -2.15. The van der Waals surface area contributed by atoms with E-state index in [1.165, 1.54) is 22.3 Å². The third-order valence-electron chi connectivity index (χ3n) is 7.22. The van der Waals surface area contributed by atoms with Crippen LogP contribution in [0.3, 0.4) is 0 Å². The fourth-order valence-corrected chi connectivity index (χ4v) is 5.41. The first kappa shape index (κ1) is 21.2. The molecule has 0 fully saturated rings. The lowest BCUT2D eigenvalue weighted by Gasteiger charge is -2.25. The van der Waals surface area contributed by atoms with Crippen LogP contribution in [0.1, 0.15) is 25.0 Å². The number of nitrogens with zero attached hydrogens (tertiary/aromatic N) is 1. The number of hydrogen-bond donors (Lipinski definition) is 1. The van der Waals surface area contributed by atoms with E-state index in [2.05, 4.69) is 128 Å². The van der Waals surface area contributed by atoms with Crippen molar-refractivity contribution in [1.29, 1.82) is 0 Å². The fraction of sp³-hybridized carbons (Fsp3) is 0.0909. The van der Waals surface area contributed by atoms with E-state index in [0.717, 1.165) is 33.9 Å². The third-order valence-corrected chi connectivity index (χ3v) is 7.22. The van der Waals surface area contributed by atoms with Crippen molar-refractivity contribution in [2.75, 3.05) is 10.6 Å². The molecule has 0 saturated carbocycles. The predicted octanol–water partition coefficient (Wildman–Crippen LogP) is 8.71. The van der Waals surface area contributed by atoms with Crippen LogP contribution in [0, 0.1) is 0 Å². The van der Waals surface area contributed by atoms with Crippen LogP contribution in [0.15, 0.2) is 121 Å². The number of hydrogen-bond acceptors (Lipinski definition) is 2. The zero-order valence-corrected chi connectivity index (χ0v) is 20.1. The van der Waals surface area contributed by atoms with Gasteiger partial charge in [0.1, 0.15) is 0 Å². The van der Waals surface area contributed by atoms with E-state index in [0.29, 0.717) is 0 Å². The number of benzene rings is 5. The van der Waals surface area contributed by atoms with Crippen molar-refractivity contribution in [2.24, 2.45) is 0 Å². The van der Waals surface area contributed by atoms with Crippen molar-refractivity contribution < 1.29 is 0 Å².